The van der Waals surface area contributed by atoms with Gasteiger partial charge in [0.2, 0.25) is 0 Å². The average Bonchev–Trinajstić information content (AvgIpc) is 2.97. The van der Waals surface area contributed by atoms with Gasteiger partial charge >= 0.3 is 0 Å². The molecule has 8 bridgehead atoms. The van der Waals surface area contributed by atoms with Gasteiger partial charge in [-0.05, 0) is 68.5 Å². The maximum atomic E-state index is 4.92. The van der Waals surface area contributed by atoms with Crippen LogP contribution < -0.4 is 0 Å². The average molecular weight is 328 g/mol. The number of nitrogens with one attached hydrogen (secondary N) is 2. The third-order valence-corrected chi connectivity index (χ3v) is 5.74. The number of hydrogen-bond acceptors (Lipinski definition) is 2. The lowest BCUT2D eigenvalue weighted by molar-refractivity contribution is 0.992. The summed E-state index contributed by atoms with van der Waals surface area (Å²) < 4.78 is 0. The van der Waals surface area contributed by atoms with Crippen LogP contribution in [0, 0.1) is 0 Å². The Morgan fingerprint density at radius 1 is 0.680 bits per heavy atom. The minimum Gasteiger partial charge on any atom is -0.362 e. The van der Waals surface area contributed by atoms with Crippen LogP contribution in [-0.2, 0) is 25.7 Å². The van der Waals surface area contributed by atoms with Gasteiger partial charge in [-0.1, -0.05) is 0 Å². The third-order valence-electron chi connectivity index (χ3n) is 5.74. The van der Waals surface area contributed by atoms with E-state index in [1.54, 1.807) is 0 Å². The highest BCUT2D eigenvalue weighted by molar-refractivity contribution is 5.60. The third kappa shape index (κ3) is 2.36. The van der Waals surface area contributed by atoms with E-state index < -0.39 is 0 Å². The summed E-state index contributed by atoms with van der Waals surface area (Å²) in [7, 11) is 0. The topological polar surface area (TPSA) is 57.4 Å². The molecule has 5 heterocycles. The Labute approximate surface area is 146 Å². The van der Waals surface area contributed by atoms with Crippen molar-refractivity contribution in [1.82, 2.24) is 19.9 Å². The van der Waals surface area contributed by atoms with Gasteiger partial charge in [-0.2, -0.15) is 0 Å². The number of H-pyrrole nitrogens is 2. The van der Waals surface area contributed by atoms with E-state index in [1.807, 2.05) is 0 Å². The zero-order valence-electron chi connectivity index (χ0n) is 14.0. The van der Waals surface area contributed by atoms with E-state index in [0.717, 1.165) is 42.4 Å². The lowest BCUT2D eigenvalue weighted by atomic mass is 10.2. The van der Waals surface area contributed by atoms with Gasteiger partial charge in [0.15, 0.2) is 0 Å². The molecule has 6 rings (SSSR count). The molecule has 0 saturated heterocycles. The molecule has 1 aliphatic carbocycles. The zero-order chi connectivity index (χ0) is 16.4. The van der Waals surface area contributed by atoms with Gasteiger partial charge in [0.25, 0.3) is 0 Å². The number of rotatable bonds is 0. The Morgan fingerprint density at radius 2 is 1.36 bits per heavy atom. The molecular formula is C21H20N4. The first kappa shape index (κ1) is 13.6. The van der Waals surface area contributed by atoms with E-state index in [2.05, 4.69) is 46.4 Å². The van der Waals surface area contributed by atoms with Crippen LogP contribution in [0.4, 0.5) is 0 Å². The molecule has 4 nitrogen and oxygen atoms in total. The first-order chi connectivity index (χ1) is 12.3. The van der Waals surface area contributed by atoms with Crippen LogP contribution in [0.2, 0.25) is 0 Å². The van der Waals surface area contributed by atoms with Crippen LogP contribution in [0.1, 0.15) is 52.4 Å². The van der Waals surface area contributed by atoms with Crippen LogP contribution in [0.3, 0.4) is 0 Å². The molecule has 4 aliphatic rings. The van der Waals surface area contributed by atoms with Gasteiger partial charge in [0, 0.05) is 57.0 Å². The van der Waals surface area contributed by atoms with Crippen LogP contribution in [0.5, 0.6) is 0 Å². The van der Waals surface area contributed by atoms with Gasteiger partial charge in [-0.25, -0.2) is 0 Å². The largest absolute Gasteiger partial charge is 0.362 e. The minimum absolute atomic E-state index is 0.630. The second kappa shape index (κ2) is 4.94. The highest BCUT2D eigenvalue weighted by Gasteiger charge is 2.45. The monoisotopic (exact) mass is 328 g/mol. The van der Waals surface area contributed by atoms with Gasteiger partial charge in [0.1, 0.15) is 0 Å². The Hall–Kier alpha value is -2.62. The molecule has 25 heavy (non-hydrogen) atoms. The lowest BCUT2D eigenvalue weighted by Gasteiger charge is -1.91. The van der Waals surface area contributed by atoms with Crippen molar-refractivity contribution >= 4 is 11.0 Å². The SMILES string of the molecule is c1c2nc(cc3ccc(cc4nc(cc5[nH]c1CC5)[C@H]1CC41)[nH]3)CC2. The molecule has 3 aliphatic heterocycles. The molecule has 1 unspecified atom stereocenters. The molecule has 1 saturated carbocycles. The predicted octanol–water partition coefficient (Wildman–Crippen LogP) is 3.88. The Morgan fingerprint density at radius 3 is 2.20 bits per heavy atom. The van der Waals surface area contributed by atoms with Gasteiger partial charge in [-0.3, -0.25) is 9.97 Å². The van der Waals surface area contributed by atoms with E-state index in [0.29, 0.717) is 11.8 Å². The summed E-state index contributed by atoms with van der Waals surface area (Å²) in [4.78, 5) is 16.8. The molecule has 0 amide bonds. The molecule has 4 heteroatoms. The Bertz CT molecular complexity index is 1060. The van der Waals surface area contributed by atoms with Crippen molar-refractivity contribution in [3.05, 3.63) is 70.6 Å². The van der Waals surface area contributed by atoms with Crippen molar-refractivity contribution in [3.8, 4) is 0 Å². The first-order valence-electron chi connectivity index (χ1n) is 9.26. The summed E-state index contributed by atoms with van der Waals surface area (Å²) in [6.45, 7) is 0. The van der Waals surface area contributed by atoms with E-state index in [-0.39, 0.29) is 0 Å². The highest BCUT2D eigenvalue weighted by atomic mass is 14.8. The fourth-order valence-electron chi connectivity index (χ4n) is 4.34. The number of aromatic nitrogens is 4. The van der Waals surface area contributed by atoms with Gasteiger partial charge in [-0.15, -0.1) is 0 Å². The molecule has 1 fully saturated rings. The quantitative estimate of drug-likeness (QED) is 0.771. The first-order valence-corrected chi connectivity index (χ1v) is 9.26. The Balaban J connectivity index is 1.64. The predicted molar refractivity (Wildman–Crippen MR) is 97.2 cm³/mol. The van der Waals surface area contributed by atoms with Crippen molar-refractivity contribution in [2.45, 2.75) is 43.9 Å². The molecule has 0 aromatic carbocycles. The highest BCUT2D eigenvalue weighted by Crippen LogP contribution is 2.57. The fraction of sp³-hybridized carbons (Fsp3) is 0.333. The van der Waals surface area contributed by atoms with Crippen molar-refractivity contribution < 1.29 is 0 Å². The van der Waals surface area contributed by atoms with E-state index in [1.165, 1.54) is 34.9 Å². The van der Waals surface area contributed by atoms with Crippen LogP contribution >= 0.6 is 0 Å². The van der Waals surface area contributed by atoms with Gasteiger partial charge in [0.05, 0.1) is 0 Å². The summed E-state index contributed by atoms with van der Waals surface area (Å²) in [6, 6.07) is 13.2. The van der Waals surface area contributed by atoms with Crippen molar-refractivity contribution in [3.63, 3.8) is 0 Å². The number of fused-ring (bicyclic) bond motifs is 11. The summed E-state index contributed by atoms with van der Waals surface area (Å²) in [5.41, 5.74) is 9.72. The summed E-state index contributed by atoms with van der Waals surface area (Å²) >= 11 is 0. The number of hydrogen-bond donors (Lipinski definition) is 2. The van der Waals surface area contributed by atoms with Crippen molar-refractivity contribution in [1.29, 1.82) is 0 Å². The summed E-state index contributed by atoms with van der Waals surface area (Å²) in [5.74, 6) is 1.27. The van der Waals surface area contributed by atoms with Crippen molar-refractivity contribution in [2.24, 2.45) is 0 Å². The summed E-state index contributed by atoms with van der Waals surface area (Å²) in [5, 5.41) is 0. The molecule has 2 N–H and O–H groups in total. The zero-order valence-corrected chi connectivity index (χ0v) is 14.0. The molecule has 2 aromatic heterocycles. The van der Waals surface area contributed by atoms with Crippen LogP contribution in [-0.4, -0.2) is 19.9 Å². The molecule has 124 valence electrons. The molecule has 0 spiro atoms. The maximum absolute atomic E-state index is 4.92. The Kier molecular flexibility index (Phi) is 2.70. The van der Waals surface area contributed by atoms with E-state index in [9.17, 15) is 0 Å². The standard InChI is InChI=1S/C21H20N4/c1-2-13-8-15-4-6-17(24-15)10-21-19-11-18(19)20(25-21)9-16-5-3-14(23-16)7-12(1)22-13/h3,5,7-10,18-19,23-24H,1-2,4,6,11H2/t18?,19-/m0/s1. The van der Waals surface area contributed by atoms with E-state index in [4.69, 9.17) is 9.97 Å². The normalized spacial score (nSPS) is 22.4. The van der Waals surface area contributed by atoms with Crippen molar-refractivity contribution in [2.75, 3.05) is 0 Å². The molecule has 2 aromatic rings. The second-order valence-electron chi connectivity index (χ2n) is 7.63. The number of nitrogens with zero attached hydrogens (tertiary/aromatic N) is 2. The molecule has 2 atom stereocenters. The minimum atomic E-state index is 0.630. The molecule has 0 radical (unpaired) electrons. The van der Waals surface area contributed by atoms with Crippen LogP contribution in [0.15, 0.2) is 36.4 Å². The maximum Gasteiger partial charge on any atom is 0.0465 e. The number of aryl methyl sites for hydroxylation is 4. The van der Waals surface area contributed by atoms with Gasteiger partial charge < -0.3 is 9.97 Å². The number of aromatic amines is 2. The second-order valence-corrected chi connectivity index (χ2v) is 7.63. The smallest absolute Gasteiger partial charge is 0.0465 e. The lowest BCUT2D eigenvalue weighted by Crippen LogP contribution is -1.83. The van der Waals surface area contributed by atoms with Crippen LogP contribution in [0.25, 0.3) is 11.0 Å². The molecular weight excluding hydrogens is 308 g/mol. The summed E-state index contributed by atoms with van der Waals surface area (Å²) in [6.07, 6.45) is 5.47. The fourth-order valence-corrected chi connectivity index (χ4v) is 4.34. The van der Waals surface area contributed by atoms with E-state index >= 15 is 0 Å².